The molecule has 0 saturated heterocycles. The Balaban J connectivity index is 2.07. The summed E-state index contributed by atoms with van der Waals surface area (Å²) in [6, 6.07) is 5.92. The Morgan fingerprint density at radius 1 is 0.750 bits per heavy atom. The Labute approximate surface area is 114 Å². The minimum absolute atomic E-state index is 0.142. The molecule has 0 aromatic heterocycles. The SMILES string of the molecule is NC(Cc1ccc(F)cc1F)Cc1ccc(F)cc1F. The third-order valence-corrected chi connectivity index (χ3v) is 2.99. The topological polar surface area (TPSA) is 26.0 Å². The van der Waals surface area contributed by atoms with Gasteiger partial charge in [-0.3, -0.25) is 0 Å². The molecule has 0 amide bonds. The molecule has 0 atom stereocenters. The van der Waals surface area contributed by atoms with E-state index in [-0.39, 0.29) is 24.0 Å². The second-order valence-corrected chi connectivity index (χ2v) is 4.64. The number of benzene rings is 2. The van der Waals surface area contributed by atoms with E-state index in [0.29, 0.717) is 0 Å². The second-order valence-electron chi connectivity index (χ2n) is 4.64. The van der Waals surface area contributed by atoms with Gasteiger partial charge in [-0.15, -0.1) is 0 Å². The first-order chi connectivity index (χ1) is 9.45. The fraction of sp³-hybridized carbons (Fsp3) is 0.200. The van der Waals surface area contributed by atoms with Crippen LogP contribution in [0, 0.1) is 23.3 Å². The molecule has 2 rings (SSSR count). The maximum atomic E-state index is 13.5. The van der Waals surface area contributed by atoms with Crippen LogP contribution in [0.5, 0.6) is 0 Å². The van der Waals surface area contributed by atoms with Crippen molar-refractivity contribution in [3.05, 3.63) is 70.8 Å². The van der Waals surface area contributed by atoms with E-state index in [1.807, 2.05) is 0 Å². The van der Waals surface area contributed by atoms with Gasteiger partial charge in [0.05, 0.1) is 0 Å². The Kier molecular flexibility index (Phi) is 4.39. The van der Waals surface area contributed by atoms with Gasteiger partial charge in [0.25, 0.3) is 0 Å². The molecule has 2 aromatic carbocycles. The molecule has 106 valence electrons. The molecule has 2 N–H and O–H groups in total. The predicted molar refractivity (Wildman–Crippen MR) is 68.1 cm³/mol. The minimum Gasteiger partial charge on any atom is -0.327 e. The van der Waals surface area contributed by atoms with E-state index in [9.17, 15) is 17.6 Å². The average Bonchev–Trinajstić information content (AvgIpc) is 2.36. The molecule has 0 aliphatic carbocycles. The van der Waals surface area contributed by atoms with Crippen LogP contribution in [0.2, 0.25) is 0 Å². The van der Waals surface area contributed by atoms with Gasteiger partial charge in [0.2, 0.25) is 0 Å². The summed E-state index contributed by atoms with van der Waals surface area (Å²) in [5, 5.41) is 0. The van der Waals surface area contributed by atoms with Crippen molar-refractivity contribution in [2.24, 2.45) is 5.73 Å². The first kappa shape index (κ1) is 14.5. The molecule has 20 heavy (non-hydrogen) atoms. The number of rotatable bonds is 4. The lowest BCUT2D eigenvalue weighted by Crippen LogP contribution is -2.26. The van der Waals surface area contributed by atoms with E-state index < -0.39 is 29.3 Å². The lowest BCUT2D eigenvalue weighted by atomic mass is 9.99. The Bertz CT molecular complexity index is 559. The summed E-state index contributed by atoms with van der Waals surface area (Å²) in [6.45, 7) is 0. The fourth-order valence-electron chi connectivity index (χ4n) is 2.01. The fourth-order valence-corrected chi connectivity index (χ4v) is 2.01. The van der Waals surface area contributed by atoms with Crippen molar-refractivity contribution in [1.29, 1.82) is 0 Å². The zero-order valence-corrected chi connectivity index (χ0v) is 10.5. The molecule has 0 unspecified atom stereocenters. The van der Waals surface area contributed by atoms with E-state index in [0.717, 1.165) is 24.3 Å². The molecule has 0 saturated carbocycles. The summed E-state index contributed by atoms with van der Waals surface area (Å²) in [5.41, 5.74) is 6.36. The maximum absolute atomic E-state index is 13.5. The molecule has 0 radical (unpaired) electrons. The van der Waals surface area contributed by atoms with Gasteiger partial charge in [-0.25, -0.2) is 17.6 Å². The van der Waals surface area contributed by atoms with Crippen molar-refractivity contribution in [2.75, 3.05) is 0 Å². The second kappa shape index (κ2) is 6.05. The zero-order valence-electron chi connectivity index (χ0n) is 10.5. The van der Waals surface area contributed by atoms with Gasteiger partial charge in [0.15, 0.2) is 0 Å². The smallest absolute Gasteiger partial charge is 0.129 e. The van der Waals surface area contributed by atoms with Crippen LogP contribution in [0.3, 0.4) is 0 Å². The quantitative estimate of drug-likeness (QED) is 0.856. The lowest BCUT2D eigenvalue weighted by molar-refractivity contribution is 0.544. The zero-order chi connectivity index (χ0) is 14.7. The molecule has 5 heteroatoms. The van der Waals surface area contributed by atoms with Crippen LogP contribution in [-0.4, -0.2) is 6.04 Å². The Morgan fingerprint density at radius 2 is 1.15 bits per heavy atom. The molecular formula is C15H13F4N. The summed E-state index contributed by atoms with van der Waals surface area (Å²) >= 11 is 0. The van der Waals surface area contributed by atoms with Crippen LogP contribution >= 0.6 is 0 Å². The van der Waals surface area contributed by atoms with E-state index in [1.165, 1.54) is 12.1 Å². The minimum atomic E-state index is -0.681. The monoisotopic (exact) mass is 283 g/mol. The first-order valence-corrected chi connectivity index (χ1v) is 6.09. The number of hydrogen-bond donors (Lipinski definition) is 1. The third-order valence-electron chi connectivity index (χ3n) is 2.99. The van der Waals surface area contributed by atoms with Crippen molar-refractivity contribution in [2.45, 2.75) is 18.9 Å². The maximum Gasteiger partial charge on any atom is 0.129 e. The highest BCUT2D eigenvalue weighted by molar-refractivity contribution is 5.22. The largest absolute Gasteiger partial charge is 0.327 e. The van der Waals surface area contributed by atoms with Crippen molar-refractivity contribution in [3.63, 3.8) is 0 Å². The van der Waals surface area contributed by atoms with Gasteiger partial charge in [-0.1, -0.05) is 12.1 Å². The van der Waals surface area contributed by atoms with Gasteiger partial charge in [0.1, 0.15) is 23.3 Å². The van der Waals surface area contributed by atoms with Gasteiger partial charge >= 0.3 is 0 Å². The summed E-state index contributed by atoms with van der Waals surface area (Å²) in [7, 11) is 0. The van der Waals surface area contributed by atoms with Crippen LogP contribution < -0.4 is 5.73 Å². The predicted octanol–water partition coefficient (Wildman–Crippen LogP) is 3.36. The molecular weight excluding hydrogens is 270 g/mol. The van der Waals surface area contributed by atoms with E-state index in [2.05, 4.69) is 0 Å². The highest BCUT2D eigenvalue weighted by Crippen LogP contribution is 2.15. The van der Waals surface area contributed by atoms with E-state index >= 15 is 0 Å². The van der Waals surface area contributed by atoms with Crippen LogP contribution in [0.15, 0.2) is 36.4 Å². The summed E-state index contributed by atoms with van der Waals surface area (Å²) in [5.74, 6) is -2.69. The van der Waals surface area contributed by atoms with Crippen molar-refractivity contribution >= 4 is 0 Å². The Hall–Kier alpha value is -1.88. The van der Waals surface area contributed by atoms with Crippen molar-refractivity contribution in [3.8, 4) is 0 Å². The van der Waals surface area contributed by atoms with Gasteiger partial charge < -0.3 is 5.73 Å². The molecule has 0 spiro atoms. The Morgan fingerprint density at radius 3 is 1.50 bits per heavy atom. The van der Waals surface area contributed by atoms with Gasteiger partial charge in [-0.2, -0.15) is 0 Å². The summed E-state index contributed by atoms with van der Waals surface area (Å²) in [4.78, 5) is 0. The molecule has 0 bridgehead atoms. The molecule has 0 aliphatic heterocycles. The van der Waals surface area contributed by atoms with Gasteiger partial charge in [-0.05, 0) is 36.1 Å². The number of hydrogen-bond acceptors (Lipinski definition) is 1. The summed E-state index contributed by atoms with van der Waals surface area (Å²) < 4.78 is 52.5. The number of nitrogens with two attached hydrogens (primary N) is 1. The third kappa shape index (κ3) is 3.57. The van der Waals surface area contributed by atoms with Crippen LogP contribution in [0.1, 0.15) is 11.1 Å². The molecule has 2 aromatic rings. The van der Waals surface area contributed by atoms with Crippen molar-refractivity contribution in [1.82, 2.24) is 0 Å². The average molecular weight is 283 g/mol. The molecule has 1 nitrogen and oxygen atoms in total. The summed E-state index contributed by atoms with van der Waals surface area (Å²) in [6.07, 6.45) is 0.284. The lowest BCUT2D eigenvalue weighted by Gasteiger charge is -2.13. The molecule has 0 aliphatic rings. The van der Waals surface area contributed by atoms with Crippen molar-refractivity contribution < 1.29 is 17.6 Å². The van der Waals surface area contributed by atoms with Crippen LogP contribution in [-0.2, 0) is 12.8 Å². The van der Waals surface area contributed by atoms with Gasteiger partial charge in [0, 0.05) is 18.2 Å². The molecule has 0 heterocycles. The van der Waals surface area contributed by atoms with E-state index in [1.54, 1.807) is 0 Å². The van der Waals surface area contributed by atoms with E-state index in [4.69, 9.17) is 5.73 Å². The van der Waals surface area contributed by atoms with Crippen LogP contribution in [0.4, 0.5) is 17.6 Å². The highest BCUT2D eigenvalue weighted by Gasteiger charge is 2.12. The normalized spacial score (nSPS) is 11.1. The van der Waals surface area contributed by atoms with Crippen LogP contribution in [0.25, 0.3) is 0 Å². The standard InChI is InChI=1S/C15H13F4N/c16-11-3-1-9(14(18)7-11)5-13(20)6-10-2-4-12(17)8-15(10)19/h1-4,7-8,13H,5-6,20H2. The highest BCUT2D eigenvalue weighted by atomic mass is 19.1. The molecule has 0 fully saturated rings. The number of halogens is 4. The first-order valence-electron chi connectivity index (χ1n) is 6.09.